The van der Waals surface area contributed by atoms with Crippen molar-refractivity contribution >= 4 is 21.6 Å². The first kappa shape index (κ1) is 7.25. The van der Waals surface area contributed by atoms with Crippen LogP contribution < -0.4 is 0 Å². The van der Waals surface area contributed by atoms with E-state index in [9.17, 15) is 0 Å². The molecular weight excluding hydrogens is 220 g/mol. The van der Waals surface area contributed by atoms with Gasteiger partial charge in [-0.2, -0.15) is 5.26 Å². The summed E-state index contributed by atoms with van der Waals surface area (Å²) in [5.74, 6) is 0. The number of nitrogens with zero attached hydrogens (tertiary/aromatic N) is 4. The zero-order chi connectivity index (χ0) is 8.55. The van der Waals surface area contributed by atoms with Crippen LogP contribution in [0.2, 0.25) is 0 Å². The lowest BCUT2D eigenvalue weighted by Crippen LogP contribution is -1.84. The summed E-state index contributed by atoms with van der Waals surface area (Å²) in [6.45, 7) is 0. The van der Waals surface area contributed by atoms with E-state index in [1.165, 1.54) is 0 Å². The zero-order valence-corrected chi connectivity index (χ0v) is 7.48. The Kier molecular flexibility index (Phi) is 1.55. The summed E-state index contributed by atoms with van der Waals surface area (Å²) < 4.78 is 2.39. The zero-order valence-electron chi connectivity index (χ0n) is 5.90. The van der Waals surface area contributed by atoms with E-state index >= 15 is 0 Å². The van der Waals surface area contributed by atoms with Gasteiger partial charge in [-0.05, 0) is 22.0 Å². The van der Waals surface area contributed by atoms with Crippen molar-refractivity contribution in [3.05, 3.63) is 28.6 Å². The van der Waals surface area contributed by atoms with Gasteiger partial charge >= 0.3 is 0 Å². The van der Waals surface area contributed by atoms with Gasteiger partial charge in [0, 0.05) is 12.3 Å². The lowest BCUT2D eigenvalue weighted by molar-refractivity contribution is 1.05. The highest BCUT2D eigenvalue weighted by molar-refractivity contribution is 9.10. The molecule has 2 rings (SSSR count). The Morgan fingerprint density at radius 2 is 2.33 bits per heavy atom. The molecule has 0 spiro atoms. The molecule has 12 heavy (non-hydrogen) atoms. The second-order valence-electron chi connectivity index (χ2n) is 2.22. The maximum absolute atomic E-state index is 8.58. The molecule has 0 aliphatic rings. The molecule has 0 atom stereocenters. The summed E-state index contributed by atoms with van der Waals surface area (Å²) in [5.41, 5.74) is 1.25. The van der Waals surface area contributed by atoms with E-state index in [0.717, 1.165) is 0 Å². The van der Waals surface area contributed by atoms with Gasteiger partial charge < -0.3 is 0 Å². The minimum atomic E-state index is 0.586. The highest BCUT2D eigenvalue weighted by Gasteiger charge is 2.01. The molecule has 5 heteroatoms. The number of rotatable bonds is 0. The number of pyridine rings is 1. The van der Waals surface area contributed by atoms with Gasteiger partial charge in [-0.25, -0.2) is 0 Å². The van der Waals surface area contributed by atoms with Crippen molar-refractivity contribution in [3.8, 4) is 6.07 Å². The fourth-order valence-corrected chi connectivity index (χ4v) is 1.31. The molecule has 0 aliphatic carbocycles. The van der Waals surface area contributed by atoms with E-state index < -0.39 is 0 Å². The van der Waals surface area contributed by atoms with Crippen LogP contribution in [0.4, 0.5) is 0 Å². The van der Waals surface area contributed by atoms with Crippen LogP contribution in [0.5, 0.6) is 0 Å². The molecule has 2 aromatic heterocycles. The summed E-state index contributed by atoms with van der Waals surface area (Å²) in [6, 6.07) is 5.42. The third kappa shape index (κ3) is 0.970. The van der Waals surface area contributed by atoms with Crippen LogP contribution in [0.1, 0.15) is 5.56 Å². The van der Waals surface area contributed by atoms with Crippen molar-refractivity contribution in [2.75, 3.05) is 0 Å². The molecule has 0 amide bonds. The van der Waals surface area contributed by atoms with Crippen LogP contribution in [0.25, 0.3) is 5.65 Å². The van der Waals surface area contributed by atoms with E-state index in [4.69, 9.17) is 5.26 Å². The number of hydrogen-bond acceptors (Lipinski definition) is 3. The van der Waals surface area contributed by atoms with Gasteiger partial charge in [-0.1, -0.05) is 0 Å². The molecule has 0 saturated carbocycles. The van der Waals surface area contributed by atoms with Crippen molar-refractivity contribution < 1.29 is 0 Å². The largest absolute Gasteiger partial charge is 0.277 e. The molecule has 0 radical (unpaired) electrons. The van der Waals surface area contributed by atoms with E-state index in [2.05, 4.69) is 26.1 Å². The molecule has 0 fully saturated rings. The smallest absolute Gasteiger partial charge is 0.204 e. The Morgan fingerprint density at radius 3 is 3.08 bits per heavy atom. The summed E-state index contributed by atoms with van der Waals surface area (Å²) in [4.78, 5) is 0. The van der Waals surface area contributed by atoms with Crippen LogP contribution >= 0.6 is 15.9 Å². The second kappa shape index (κ2) is 2.57. The highest BCUT2D eigenvalue weighted by Crippen LogP contribution is 2.10. The normalized spacial score (nSPS) is 10.0. The highest BCUT2D eigenvalue weighted by atomic mass is 79.9. The van der Waals surface area contributed by atoms with Crippen LogP contribution in [-0.4, -0.2) is 14.6 Å². The summed E-state index contributed by atoms with van der Waals surface area (Å²) in [7, 11) is 0. The van der Waals surface area contributed by atoms with Crippen molar-refractivity contribution in [2.45, 2.75) is 0 Å². The molecule has 2 heterocycles. The lowest BCUT2D eigenvalue weighted by atomic mass is 10.3. The van der Waals surface area contributed by atoms with Crippen molar-refractivity contribution in [2.24, 2.45) is 0 Å². The van der Waals surface area contributed by atoms with E-state index in [0.29, 0.717) is 15.9 Å². The quantitative estimate of drug-likeness (QED) is 0.677. The number of halogens is 1. The molecule has 0 saturated heterocycles. The predicted octanol–water partition coefficient (Wildman–Crippen LogP) is 1.36. The van der Waals surface area contributed by atoms with E-state index in [-0.39, 0.29) is 0 Å². The Morgan fingerprint density at radius 1 is 1.50 bits per heavy atom. The fraction of sp³-hybridized carbons (Fsp3) is 0. The Balaban J connectivity index is 2.80. The van der Waals surface area contributed by atoms with Gasteiger partial charge in [-0.15, -0.1) is 10.2 Å². The Hall–Kier alpha value is -1.41. The average molecular weight is 223 g/mol. The first-order chi connectivity index (χ1) is 5.81. The molecule has 0 N–H and O–H groups in total. The third-order valence-electron chi connectivity index (χ3n) is 1.50. The van der Waals surface area contributed by atoms with Gasteiger partial charge in [0.15, 0.2) is 5.65 Å². The number of nitriles is 1. The first-order valence-electron chi connectivity index (χ1n) is 3.21. The van der Waals surface area contributed by atoms with Gasteiger partial charge in [0.2, 0.25) is 4.73 Å². The molecule has 2 aromatic rings. The molecule has 0 aromatic carbocycles. The van der Waals surface area contributed by atoms with Gasteiger partial charge in [-0.3, -0.25) is 4.40 Å². The minimum absolute atomic E-state index is 0.586. The number of aromatic nitrogens is 3. The molecule has 0 bridgehead atoms. The maximum atomic E-state index is 8.58. The standard InChI is InChI=1S/C7H3BrN4/c8-7-11-10-6-3-5(4-9)1-2-12(6)7/h1-3H. The van der Waals surface area contributed by atoms with Crippen LogP contribution in [0.15, 0.2) is 23.1 Å². The van der Waals surface area contributed by atoms with Crippen LogP contribution in [0.3, 0.4) is 0 Å². The van der Waals surface area contributed by atoms with E-state index in [1.54, 1.807) is 22.7 Å². The topological polar surface area (TPSA) is 54.0 Å². The molecule has 0 unspecified atom stereocenters. The van der Waals surface area contributed by atoms with Gasteiger partial charge in [0.05, 0.1) is 11.6 Å². The summed E-state index contributed by atoms with van der Waals surface area (Å²) in [6.07, 6.45) is 1.75. The summed E-state index contributed by atoms with van der Waals surface area (Å²) in [5, 5.41) is 16.2. The lowest BCUT2D eigenvalue weighted by Gasteiger charge is -1.91. The summed E-state index contributed by atoms with van der Waals surface area (Å²) >= 11 is 3.22. The monoisotopic (exact) mass is 222 g/mol. The van der Waals surface area contributed by atoms with Gasteiger partial charge in [0.1, 0.15) is 0 Å². The number of fused-ring (bicyclic) bond motifs is 1. The van der Waals surface area contributed by atoms with Crippen LogP contribution in [0, 0.1) is 11.3 Å². The number of hydrogen-bond donors (Lipinski definition) is 0. The first-order valence-corrected chi connectivity index (χ1v) is 4.01. The predicted molar refractivity (Wildman–Crippen MR) is 45.4 cm³/mol. The second-order valence-corrected chi connectivity index (χ2v) is 2.93. The van der Waals surface area contributed by atoms with Gasteiger partial charge in [0.25, 0.3) is 0 Å². The Bertz CT molecular complexity index is 468. The SMILES string of the molecule is N#Cc1ccn2c(Br)nnc2c1. The van der Waals surface area contributed by atoms with Crippen molar-refractivity contribution in [1.82, 2.24) is 14.6 Å². The maximum Gasteiger partial charge on any atom is 0.204 e. The average Bonchev–Trinajstić information content (AvgIpc) is 2.47. The minimum Gasteiger partial charge on any atom is -0.277 e. The molecular formula is C7H3BrN4. The van der Waals surface area contributed by atoms with E-state index in [1.807, 2.05) is 6.07 Å². The molecule has 4 nitrogen and oxygen atoms in total. The van der Waals surface area contributed by atoms with Crippen molar-refractivity contribution in [1.29, 1.82) is 5.26 Å². The fourth-order valence-electron chi connectivity index (χ4n) is 0.931. The third-order valence-corrected chi connectivity index (χ3v) is 2.04. The molecule has 58 valence electrons. The van der Waals surface area contributed by atoms with Crippen LogP contribution in [-0.2, 0) is 0 Å². The molecule has 0 aliphatic heterocycles. The van der Waals surface area contributed by atoms with Crippen molar-refractivity contribution in [3.63, 3.8) is 0 Å². The Labute approximate surface area is 76.6 Å².